The number of sulfonamides is 1. The third-order valence-corrected chi connectivity index (χ3v) is 6.01. The van der Waals surface area contributed by atoms with E-state index in [4.69, 9.17) is 10.3 Å². The number of rotatable bonds is 7. The normalized spacial score (nSPS) is 16.5. The van der Waals surface area contributed by atoms with Crippen molar-refractivity contribution in [2.75, 3.05) is 6.54 Å². The fourth-order valence-corrected chi connectivity index (χ4v) is 4.11. The molecule has 1 aromatic heterocycles. The van der Waals surface area contributed by atoms with E-state index >= 15 is 0 Å². The molecule has 0 amide bonds. The van der Waals surface area contributed by atoms with Crippen molar-refractivity contribution in [2.45, 2.75) is 49.5 Å². The van der Waals surface area contributed by atoms with Crippen LogP contribution < -0.4 is 10.5 Å². The van der Waals surface area contributed by atoms with Crippen molar-refractivity contribution >= 4 is 34.6 Å². The van der Waals surface area contributed by atoms with E-state index in [0.29, 0.717) is 18.3 Å². The third-order valence-electron chi connectivity index (χ3n) is 4.53. The predicted octanol–water partition coefficient (Wildman–Crippen LogP) is 3.08. The van der Waals surface area contributed by atoms with E-state index in [9.17, 15) is 8.42 Å². The highest BCUT2D eigenvalue weighted by Crippen LogP contribution is 2.34. The molecule has 3 rings (SSSR count). The highest BCUT2D eigenvalue weighted by Gasteiger charge is 2.35. The zero-order valence-electron chi connectivity index (χ0n) is 15.2. The lowest BCUT2D eigenvalue weighted by Gasteiger charge is -2.17. The maximum absolute atomic E-state index is 12.1. The van der Waals surface area contributed by atoms with Gasteiger partial charge in [-0.05, 0) is 43.0 Å². The lowest BCUT2D eigenvalue weighted by molar-refractivity contribution is 0.364. The average molecular weight is 413 g/mol. The first kappa shape index (κ1) is 21.6. The Morgan fingerprint density at radius 2 is 1.89 bits per heavy atom. The summed E-state index contributed by atoms with van der Waals surface area (Å²) in [6.07, 6.45) is 8.15. The molecule has 1 fully saturated rings. The van der Waals surface area contributed by atoms with Crippen LogP contribution in [0.4, 0.5) is 0 Å². The summed E-state index contributed by atoms with van der Waals surface area (Å²) in [5.41, 5.74) is 6.68. The van der Waals surface area contributed by atoms with Crippen molar-refractivity contribution in [1.82, 2.24) is 14.9 Å². The van der Waals surface area contributed by atoms with Crippen LogP contribution in [0.1, 0.15) is 56.3 Å². The van der Waals surface area contributed by atoms with Crippen LogP contribution in [-0.4, -0.2) is 25.1 Å². The van der Waals surface area contributed by atoms with E-state index in [1.165, 1.54) is 0 Å². The standard InChI is InChI=1S/C18H24N4O3S.ClH/c1-2-13-20-26(23,24)15-8-5-14(6-9-15)7-10-16-21-17(22-25-16)18(19)11-3-4-12-18;/h5-10,20H,2-4,11-13,19H2,1H3;1H/b10-7+;. The lowest BCUT2D eigenvalue weighted by Crippen LogP contribution is -2.34. The second kappa shape index (κ2) is 8.97. The van der Waals surface area contributed by atoms with E-state index < -0.39 is 15.6 Å². The first-order valence-electron chi connectivity index (χ1n) is 8.84. The van der Waals surface area contributed by atoms with Crippen LogP contribution in [-0.2, 0) is 15.6 Å². The molecule has 0 spiro atoms. The van der Waals surface area contributed by atoms with E-state index in [-0.39, 0.29) is 17.3 Å². The van der Waals surface area contributed by atoms with Gasteiger partial charge >= 0.3 is 0 Å². The van der Waals surface area contributed by atoms with Crippen LogP contribution in [0, 0.1) is 0 Å². The molecule has 7 nitrogen and oxygen atoms in total. The molecule has 2 aromatic rings. The fraction of sp³-hybridized carbons (Fsp3) is 0.444. The molecule has 0 radical (unpaired) electrons. The van der Waals surface area contributed by atoms with Gasteiger partial charge in [-0.25, -0.2) is 13.1 Å². The quantitative estimate of drug-likeness (QED) is 0.722. The summed E-state index contributed by atoms with van der Waals surface area (Å²) < 4.78 is 31.9. The Morgan fingerprint density at radius 1 is 1.22 bits per heavy atom. The van der Waals surface area contributed by atoms with Crippen molar-refractivity contribution in [3.63, 3.8) is 0 Å². The minimum atomic E-state index is -3.45. The van der Waals surface area contributed by atoms with Gasteiger partial charge in [-0.3, -0.25) is 0 Å². The molecule has 3 N–H and O–H groups in total. The molecule has 0 aliphatic heterocycles. The summed E-state index contributed by atoms with van der Waals surface area (Å²) in [6.45, 7) is 2.34. The first-order valence-corrected chi connectivity index (χ1v) is 10.3. The number of halogens is 1. The molecule has 1 saturated carbocycles. The van der Waals surface area contributed by atoms with Crippen LogP contribution >= 0.6 is 12.4 Å². The number of nitrogens with two attached hydrogens (primary N) is 1. The predicted molar refractivity (Wildman–Crippen MR) is 107 cm³/mol. The maximum Gasteiger partial charge on any atom is 0.250 e. The highest BCUT2D eigenvalue weighted by molar-refractivity contribution is 7.89. The SMILES string of the molecule is CCCNS(=O)(=O)c1ccc(/C=C/c2nc(C3(N)CCCC3)no2)cc1.Cl. The van der Waals surface area contributed by atoms with Crippen molar-refractivity contribution in [3.8, 4) is 0 Å². The molecular weight excluding hydrogens is 388 g/mol. The number of nitrogens with zero attached hydrogens (tertiary/aromatic N) is 2. The van der Waals surface area contributed by atoms with Crippen molar-refractivity contribution in [1.29, 1.82) is 0 Å². The highest BCUT2D eigenvalue weighted by atomic mass is 35.5. The summed E-state index contributed by atoms with van der Waals surface area (Å²) in [5.74, 6) is 0.941. The minimum absolute atomic E-state index is 0. The van der Waals surface area contributed by atoms with Gasteiger partial charge in [0.25, 0.3) is 5.89 Å². The molecule has 9 heteroatoms. The van der Waals surface area contributed by atoms with Crippen LogP contribution in [0.2, 0.25) is 0 Å². The van der Waals surface area contributed by atoms with Crippen molar-refractivity contribution in [3.05, 3.63) is 41.5 Å². The van der Waals surface area contributed by atoms with E-state index in [1.807, 2.05) is 6.92 Å². The molecule has 27 heavy (non-hydrogen) atoms. The Labute approximate surface area is 165 Å². The Kier molecular flexibility index (Phi) is 7.16. The average Bonchev–Trinajstić information content (AvgIpc) is 3.29. The van der Waals surface area contributed by atoms with E-state index in [1.54, 1.807) is 36.4 Å². The summed E-state index contributed by atoms with van der Waals surface area (Å²) in [4.78, 5) is 4.62. The van der Waals surface area contributed by atoms with Crippen molar-refractivity contribution < 1.29 is 12.9 Å². The zero-order valence-corrected chi connectivity index (χ0v) is 16.9. The molecule has 1 heterocycles. The van der Waals surface area contributed by atoms with Gasteiger partial charge < -0.3 is 10.3 Å². The molecule has 1 aliphatic rings. The third kappa shape index (κ3) is 5.16. The zero-order chi connectivity index (χ0) is 18.6. The monoisotopic (exact) mass is 412 g/mol. The Hall–Kier alpha value is -1.74. The second-order valence-electron chi connectivity index (χ2n) is 6.62. The summed E-state index contributed by atoms with van der Waals surface area (Å²) in [5, 5.41) is 4.01. The summed E-state index contributed by atoms with van der Waals surface area (Å²) in [6, 6.07) is 6.61. The lowest BCUT2D eigenvalue weighted by atomic mass is 9.99. The van der Waals surface area contributed by atoms with Gasteiger partial charge in [0.05, 0.1) is 10.4 Å². The molecule has 1 aliphatic carbocycles. The Balaban J connectivity index is 0.00000261. The van der Waals surface area contributed by atoms with Gasteiger partial charge in [-0.2, -0.15) is 4.98 Å². The summed E-state index contributed by atoms with van der Waals surface area (Å²) >= 11 is 0. The number of nitrogens with one attached hydrogen (secondary N) is 1. The molecule has 1 aromatic carbocycles. The van der Waals surface area contributed by atoms with Crippen LogP contribution in [0.25, 0.3) is 12.2 Å². The van der Waals surface area contributed by atoms with Gasteiger partial charge in [-0.15, -0.1) is 12.4 Å². The summed E-state index contributed by atoms with van der Waals surface area (Å²) in [7, 11) is -3.45. The van der Waals surface area contributed by atoms with Crippen molar-refractivity contribution in [2.24, 2.45) is 5.73 Å². The second-order valence-corrected chi connectivity index (χ2v) is 8.39. The van der Waals surface area contributed by atoms with Gasteiger partial charge in [0, 0.05) is 12.6 Å². The molecule has 148 valence electrons. The largest absolute Gasteiger partial charge is 0.335 e. The van der Waals surface area contributed by atoms with E-state index in [2.05, 4.69) is 14.9 Å². The minimum Gasteiger partial charge on any atom is -0.335 e. The van der Waals surface area contributed by atoms with Gasteiger partial charge in [0.2, 0.25) is 10.0 Å². The number of hydrogen-bond donors (Lipinski definition) is 2. The van der Waals surface area contributed by atoms with Gasteiger partial charge in [-0.1, -0.05) is 37.1 Å². The van der Waals surface area contributed by atoms with Crippen LogP contribution in [0.15, 0.2) is 33.7 Å². The molecule has 0 atom stereocenters. The molecular formula is C18H25ClN4O3S. The fourth-order valence-electron chi connectivity index (χ4n) is 2.98. The smallest absolute Gasteiger partial charge is 0.250 e. The molecule has 0 saturated heterocycles. The number of aromatic nitrogens is 2. The topological polar surface area (TPSA) is 111 Å². The van der Waals surface area contributed by atoms with Gasteiger partial charge in [0.1, 0.15) is 0 Å². The molecule has 0 unspecified atom stereocenters. The van der Waals surface area contributed by atoms with Crippen LogP contribution in [0.3, 0.4) is 0 Å². The van der Waals surface area contributed by atoms with E-state index in [0.717, 1.165) is 37.7 Å². The number of hydrogen-bond acceptors (Lipinski definition) is 6. The van der Waals surface area contributed by atoms with Crippen LogP contribution in [0.5, 0.6) is 0 Å². The Morgan fingerprint density at radius 3 is 2.52 bits per heavy atom. The first-order chi connectivity index (χ1) is 12.4. The maximum atomic E-state index is 12.1. The number of benzene rings is 1. The molecule has 0 bridgehead atoms. The Bertz CT molecular complexity index is 872. The van der Waals surface area contributed by atoms with Gasteiger partial charge in [0.15, 0.2) is 5.82 Å².